The number of hydrogen-bond acceptors (Lipinski definition) is 9. The topological polar surface area (TPSA) is 156 Å². The van der Waals surface area contributed by atoms with Crippen molar-refractivity contribution in [2.45, 2.75) is 23.6 Å². The minimum Gasteiger partial charge on any atom is -0.477 e. The molecule has 0 radical (unpaired) electrons. The highest BCUT2D eigenvalue weighted by atomic mass is 32.2. The zero-order valence-corrected chi connectivity index (χ0v) is 18.0. The lowest BCUT2D eigenvalue weighted by Crippen LogP contribution is -2.78. The number of primary amides is 1. The molecule has 10 nitrogen and oxygen atoms in total. The summed E-state index contributed by atoms with van der Waals surface area (Å²) in [6, 6.07) is 3.54. The number of thioether (sulfide) groups is 2. The Balaban J connectivity index is 1.88. The highest BCUT2D eigenvalue weighted by Gasteiger charge is 2.67. The van der Waals surface area contributed by atoms with E-state index in [1.165, 1.54) is 18.3 Å². The third-order valence-electron chi connectivity index (χ3n) is 4.26. The molecule has 160 valence electrons. The van der Waals surface area contributed by atoms with E-state index in [-0.39, 0.29) is 30.1 Å². The van der Waals surface area contributed by atoms with Gasteiger partial charge in [0.05, 0.1) is 6.42 Å². The number of β-lactam (4-membered cyclic amide) rings is 1. The standard InChI is InChI=1S/C17H17N3O7S3/c1-8(21)27-6-9-7-29-15-17(30-16(18)26,14(25)20(15)12(9)13(23)24)19-11(22)5-10-3-2-4-28-10/h2-4,15H,5-7H2,1H3,(H2,18,26)(H,19,22)(H,23,24)/t15-,17-/m1/s1. The zero-order valence-electron chi connectivity index (χ0n) is 15.6. The van der Waals surface area contributed by atoms with Crippen LogP contribution in [0.5, 0.6) is 0 Å². The van der Waals surface area contributed by atoms with Gasteiger partial charge in [0.1, 0.15) is 17.7 Å². The highest BCUT2D eigenvalue weighted by molar-refractivity contribution is 8.16. The molecule has 3 heterocycles. The molecule has 0 aromatic carbocycles. The molecule has 1 aromatic heterocycles. The van der Waals surface area contributed by atoms with Gasteiger partial charge >= 0.3 is 11.9 Å². The number of carboxylic acids is 1. The van der Waals surface area contributed by atoms with Gasteiger partial charge in [-0.3, -0.25) is 24.1 Å². The Morgan fingerprint density at radius 3 is 2.73 bits per heavy atom. The van der Waals surface area contributed by atoms with Crippen molar-refractivity contribution in [1.82, 2.24) is 10.2 Å². The zero-order chi connectivity index (χ0) is 22.1. The van der Waals surface area contributed by atoms with Crippen LogP contribution in [0, 0.1) is 0 Å². The second kappa shape index (κ2) is 8.70. The smallest absolute Gasteiger partial charge is 0.352 e. The number of carbonyl (C=O) groups excluding carboxylic acids is 4. The van der Waals surface area contributed by atoms with Crippen molar-refractivity contribution >= 4 is 63.9 Å². The highest BCUT2D eigenvalue weighted by Crippen LogP contribution is 2.51. The number of nitrogens with zero attached hydrogens (tertiary/aromatic N) is 1. The molecule has 0 bridgehead atoms. The molecule has 0 unspecified atom stereocenters. The second-order valence-electron chi connectivity index (χ2n) is 6.34. The third-order valence-corrected chi connectivity index (χ3v) is 7.71. The summed E-state index contributed by atoms with van der Waals surface area (Å²) < 4.78 is 4.89. The van der Waals surface area contributed by atoms with Gasteiger partial charge in [-0.05, 0) is 23.2 Å². The molecule has 1 saturated heterocycles. The summed E-state index contributed by atoms with van der Waals surface area (Å²) in [6.07, 6.45) is 0.00271. The van der Waals surface area contributed by atoms with Crippen molar-refractivity contribution in [1.29, 1.82) is 0 Å². The number of aliphatic carboxylic acids is 1. The first-order chi connectivity index (χ1) is 14.2. The van der Waals surface area contributed by atoms with Crippen LogP contribution in [-0.4, -0.2) is 61.6 Å². The van der Waals surface area contributed by atoms with Crippen LogP contribution in [0.25, 0.3) is 0 Å². The van der Waals surface area contributed by atoms with Gasteiger partial charge in [-0.1, -0.05) is 6.07 Å². The molecule has 2 aliphatic heterocycles. The number of hydrogen-bond donors (Lipinski definition) is 3. The van der Waals surface area contributed by atoms with Crippen molar-refractivity contribution in [3.8, 4) is 0 Å². The second-order valence-corrected chi connectivity index (χ2v) is 9.69. The minimum atomic E-state index is -1.71. The molecular weight excluding hydrogens is 454 g/mol. The van der Waals surface area contributed by atoms with Crippen LogP contribution in [0.1, 0.15) is 11.8 Å². The molecule has 3 amide bonds. The van der Waals surface area contributed by atoms with Crippen LogP contribution in [0.4, 0.5) is 4.79 Å². The Morgan fingerprint density at radius 2 is 2.17 bits per heavy atom. The number of nitrogens with one attached hydrogen (secondary N) is 1. The van der Waals surface area contributed by atoms with Gasteiger partial charge in [0.2, 0.25) is 10.8 Å². The maximum Gasteiger partial charge on any atom is 0.352 e. The number of carbonyl (C=O) groups is 5. The van der Waals surface area contributed by atoms with Gasteiger partial charge in [0, 0.05) is 23.1 Å². The Kier molecular flexibility index (Phi) is 6.43. The quantitative estimate of drug-likeness (QED) is 0.296. The number of carboxylic acid groups (broad SMARTS) is 1. The normalized spacial score (nSPS) is 22.8. The summed E-state index contributed by atoms with van der Waals surface area (Å²) in [6.45, 7) is 0.910. The summed E-state index contributed by atoms with van der Waals surface area (Å²) >= 11 is 2.97. The summed E-state index contributed by atoms with van der Waals surface area (Å²) in [4.78, 5) is 60.2. The van der Waals surface area contributed by atoms with Crippen molar-refractivity contribution < 1.29 is 33.8 Å². The summed E-state index contributed by atoms with van der Waals surface area (Å²) in [5.74, 6) is -3.11. The van der Waals surface area contributed by atoms with Crippen LogP contribution >= 0.6 is 34.9 Å². The molecule has 2 aliphatic rings. The molecule has 13 heteroatoms. The average molecular weight is 472 g/mol. The van der Waals surface area contributed by atoms with E-state index >= 15 is 0 Å². The molecule has 3 rings (SSSR count). The molecule has 2 atom stereocenters. The van der Waals surface area contributed by atoms with E-state index in [1.54, 1.807) is 17.5 Å². The Morgan fingerprint density at radius 1 is 1.43 bits per heavy atom. The third kappa shape index (κ3) is 4.18. The maximum absolute atomic E-state index is 13.1. The van der Waals surface area contributed by atoms with Crippen LogP contribution in [-0.2, 0) is 30.3 Å². The van der Waals surface area contributed by atoms with Crippen LogP contribution in [0.2, 0.25) is 0 Å². The molecule has 30 heavy (non-hydrogen) atoms. The first-order valence-electron chi connectivity index (χ1n) is 8.51. The molecule has 1 fully saturated rings. The van der Waals surface area contributed by atoms with Gasteiger partial charge in [-0.15, -0.1) is 23.1 Å². The van der Waals surface area contributed by atoms with Crippen molar-refractivity contribution in [2.75, 3.05) is 12.4 Å². The van der Waals surface area contributed by atoms with E-state index in [9.17, 15) is 29.1 Å². The van der Waals surface area contributed by atoms with E-state index in [2.05, 4.69) is 5.32 Å². The van der Waals surface area contributed by atoms with Crippen LogP contribution in [0.3, 0.4) is 0 Å². The van der Waals surface area contributed by atoms with Gasteiger partial charge in [-0.25, -0.2) is 4.79 Å². The van der Waals surface area contributed by atoms with Gasteiger partial charge in [0.15, 0.2) is 0 Å². The number of ether oxygens (including phenoxy) is 1. The number of esters is 1. The first-order valence-corrected chi connectivity index (χ1v) is 11.3. The largest absolute Gasteiger partial charge is 0.477 e. The molecule has 0 spiro atoms. The van der Waals surface area contributed by atoms with E-state index < -0.39 is 39.2 Å². The van der Waals surface area contributed by atoms with Gasteiger partial charge in [0.25, 0.3) is 11.1 Å². The number of rotatable bonds is 7. The SMILES string of the molecule is CC(=O)OCC1=C(C(=O)O)N2C(=O)[C@@](NC(=O)Cc3cccs3)(SC(N)=O)[C@H]2SC1. The van der Waals surface area contributed by atoms with Crippen molar-refractivity contribution in [2.24, 2.45) is 5.73 Å². The lowest BCUT2D eigenvalue weighted by atomic mass is 10.0. The number of amides is 3. The van der Waals surface area contributed by atoms with E-state index in [0.717, 1.165) is 21.5 Å². The summed E-state index contributed by atoms with van der Waals surface area (Å²) in [7, 11) is 0. The fourth-order valence-electron chi connectivity index (χ4n) is 3.10. The minimum absolute atomic E-state index is 0.00271. The lowest BCUT2D eigenvalue weighted by Gasteiger charge is -2.56. The van der Waals surface area contributed by atoms with Gasteiger partial charge < -0.3 is 20.9 Å². The summed E-state index contributed by atoms with van der Waals surface area (Å²) in [5.41, 5.74) is 5.22. The Hall–Kier alpha value is -2.51. The van der Waals surface area contributed by atoms with E-state index in [1.807, 2.05) is 0 Å². The van der Waals surface area contributed by atoms with Crippen molar-refractivity contribution in [3.63, 3.8) is 0 Å². The fraction of sp³-hybridized carbons (Fsp3) is 0.353. The van der Waals surface area contributed by atoms with Crippen molar-refractivity contribution in [3.05, 3.63) is 33.7 Å². The Bertz CT molecular complexity index is 946. The van der Waals surface area contributed by atoms with Crippen LogP contribution < -0.4 is 11.1 Å². The number of thiophene rings is 1. The number of nitrogens with two attached hydrogens (primary N) is 1. The van der Waals surface area contributed by atoms with E-state index in [4.69, 9.17) is 10.5 Å². The molecule has 4 N–H and O–H groups in total. The van der Waals surface area contributed by atoms with Crippen LogP contribution in [0.15, 0.2) is 28.8 Å². The summed E-state index contributed by atoms with van der Waals surface area (Å²) in [5, 5.41) is 12.3. The predicted molar refractivity (Wildman–Crippen MR) is 110 cm³/mol. The average Bonchev–Trinajstić information content (AvgIpc) is 3.16. The van der Waals surface area contributed by atoms with E-state index in [0.29, 0.717) is 11.8 Å². The molecule has 1 aromatic rings. The molecular formula is C17H17N3O7S3. The lowest BCUT2D eigenvalue weighted by molar-refractivity contribution is -0.153. The maximum atomic E-state index is 13.1. The molecule has 0 aliphatic carbocycles. The monoisotopic (exact) mass is 471 g/mol. The molecule has 0 saturated carbocycles. The first kappa shape index (κ1) is 22.2. The Labute approximate surface area is 183 Å². The number of fused-ring (bicyclic) bond motifs is 1. The predicted octanol–water partition coefficient (Wildman–Crippen LogP) is 0.732. The van der Waals surface area contributed by atoms with Gasteiger partial charge in [-0.2, -0.15) is 0 Å². The fourth-order valence-corrected chi connectivity index (χ4v) is 6.35.